The Bertz CT molecular complexity index is 727. The molecule has 26 heavy (non-hydrogen) atoms. The van der Waals surface area contributed by atoms with Crippen LogP contribution in [0.4, 0.5) is 0 Å². The first-order chi connectivity index (χ1) is 12.5. The van der Waals surface area contributed by atoms with Crippen molar-refractivity contribution in [1.29, 1.82) is 0 Å². The molecule has 3 rings (SSSR count). The fraction of sp³-hybridized carbons (Fsp3) is 0.632. The SMILES string of the molecule is CCOc1ccccc1OCC(=O)N(C1CCCC1)[C@@H]1CCS(=O)(=O)C1. The maximum Gasteiger partial charge on any atom is 0.261 e. The Labute approximate surface area is 155 Å². The molecular formula is C19H27NO5S. The number of para-hydroxylation sites is 2. The average Bonchev–Trinajstić information content (AvgIpc) is 3.25. The Morgan fingerprint density at radius 3 is 2.31 bits per heavy atom. The van der Waals surface area contributed by atoms with Crippen LogP contribution in [-0.4, -0.2) is 56.0 Å². The number of amides is 1. The van der Waals surface area contributed by atoms with E-state index in [2.05, 4.69) is 0 Å². The molecule has 1 aromatic rings. The van der Waals surface area contributed by atoms with Gasteiger partial charge in [0.15, 0.2) is 27.9 Å². The van der Waals surface area contributed by atoms with Crippen molar-refractivity contribution in [2.24, 2.45) is 0 Å². The Morgan fingerprint density at radius 1 is 1.08 bits per heavy atom. The Morgan fingerprint density at radius 2 is 1.73 bits per heavy atom. The summed E-state index contributed by atoms with van der Waals surface area (Å²) in [7, 11) is -3.04. The Kier molecular flexibility index (Phi) is 6.06. The fourth-order valence-electron chi connectivity index (χ4n) is 3.94. The number of rotatable bonds is 7. The molecule has 0 radical (unpaired) electrons. The van der Waals surface area contributed by atoms with Crippen LogP contribution in [0.25, 0.3) is 0 Å². The second-order valence-corrected chi connectivity index (χ2v) is 9.19. The second-order valence-electron chi connectivity index (χ2n) is 6.96. The zero-order valence-corrected chi connectivity index (χ0v) is 16.0. The van der Waals surface area contributed by atoms with E-state index >= 15 is 0 Å². The predicted octanol–water partition coefficient (Wildman–Crippen LogP) is 2.42. The van der Waals surface area contributed by atoms with Gasteiger partial charge < -0.3 is 14.4 Å². The number of benzene rings is 1. The lowest BCUT2D eigenvalue weighted by Crippen LogP contribution is -2.48. The van der Waals surface area contributed by atoms with Crippen LogP contribution in [0.1, 0.15) is 39.0 Å². The van der Waals surface area contributed by atoms with Crippen LogP contribution >= 0.6 is 0 Å². The summed E-state index contributed by atoms with van der Waals surface area (Å²) < 4.78 is 35.1. The van der Waals surface area contributed by atoms with Crippen molar-refractivity contribution in [3.63, 3.8) is 0 Å². The maximum atomic E-state index is 12.9. The van der Waals surface area contributed by atoms with Gasteiger partial charge in [-0.2, -0.15) is 0 Å². The molecule has 1 aromatic carbocycles. The number of sulfone groups is 1. The lowest BCUT2D eigenvalue weighted by molar-refractivity contribution is -0.137. The monoisotopic (exact) mass is 381 g/mol. The van der Waals surface area contributed by atoms with Gasteiger partial charge >= 0.3 is 0 Å². The van der Waals surface area contributed by atoms with Gasteiger partial charge in [0.2, 0.25) is 0 Å². The molecule has 144 valence electrons. The molecule has 0 N–H and O–H groups in total. The third-order valence-electron chi connectivity index (χ3n) is 5.11. The normalized spacial score (nSPS) is 22.3. The first kappa shape index (κ1) is 19.0. The molecule has 1 aliphatic heterocycles. The summed E-state index contributed by atoms with van der Waals surface area (Å²) in [5.41, 5.74) is 0. The molecule has 1 atom stereocenters. The van der Waals surface area contributed by atoms with E-state index in [0.717, 1.165) is 25.7 Å². The summed E-state index contributed by atoms with van der Waals surface area (Å²) in [6, 6.07) is 7.18. The van der Waals surface area contributed by atoms with Gasteiger partial charge in [-0.3, -0.25) is 4.79 Å². The van der Waals surface area contributed by atoms with E-state index in [1.165, 1.54) is 0 Å². The third kappa shape index (κ3) is 4.50. The molecule has 1 aliphatic carbocycles. The topological polar surface area (TPSA) is 72.9 Å². The molecule has 2 aliphatic rings. The predicted molar refractivity (Wildman–Crippen MR) is 99.3 cm³/mol. The number of carbonyl (C=O) groups excluding carboxylic acids is 1. The molecule has 1 saturated carbocycles. The first-order valence-electron chi connectivity index (χ1n) is 9.36. The number of hydrogen-bond acceptors (Lipinski definition) is 5. The number of ether oxygens (including phenoxy) is 2. The molecule has 6 nitrogen and oxygen atoms in total. The molecule has 0 aromatic heterocycles. The number of nitrogens with zero attached hydrogens (tertiary/aromatic N) is 1. The van der Waals surface area contributed by atoms with Crippen molar-refractivity contribution >= 4 is 15.7 Å². The summed E-state index contributed by atoms with van der Waals surface area (Å²) in [6.07, 6.45) is 4.58. The van der Waals surface area contributed by atoms with Gasteiger partial charge in [0.1, 0.15) is 0 Å². The zero-order chi connectivity index (χ0) is 18.6. The van der Waals surface area contributed by atoms with Crippen molar-refractivity contribution in [3.8, 4) is 11.5 Å². The number of carbonyl (C=O) groups is 1. The van der Waals surface area contributed by atoms with Crippen LogP contribution in [-0.2, 0) is 14.6 Å². The van der Waals surface area contributed by atoms with Crippen LogP contribution in [0.2, 0.25) is 0 Å². The van der Waals surface area contributed by atoms with Gasteiger partial charge in [-0.15, -0.1) is 0 Å². The molecule has 0 spiro atoms. The minimum Gasteiger partial charge on any atom is -0.490 e. The average molecular weight is 381 g/mol. The van der Waals surface area contributed by atoms with Gasteiger partial charge in [-0.05, 0) is 38.3 Å². The van der Waals surface area contributed by atoms with Gasteiger partial charge in [0.05, 0.1) is 18.1 Å². The molecule has 2 fully saturated rings. The Balaban J connectivity index is 1.70. The number of hydrogen-bond donors (Lipinski definition) is 0. The van der Waals surface area contributed by atoms with Crippen LogP contribution in [0.5, 0.6) is 11.5 Å². The van der Waals surface area contributed by atoms with Gasteiger partial charge in [-0.25, -0.2) is 8.42 Å². The minimum absolute atomic E-state index is 0.0742. The molecule has 0 unspecified atom stereocenters. The van der Waals surface area contributed by atoms with E-state index < -0.39 is 9.84 Å². The lowest BCUT2D eigenvalue weighted by atomic mass is 10.1. The Hall–Kier alpha value is -1.76. The van der Waals surface area contributed by atoms with Crippen LogP contribution < -0.4 is 9.47 Å². The van der Waals surface area contributed by atoms with E-state index in [0.29, 0.717) is 24.5 Å². The van der Waals surface area contributed by atoms with Crippen LogP contribution in [0, 0.1) is 0 Å². The molecule has 0 bridgehead atoms. The highest BCUT2D eigenvalue weighted by molar-refractivity contribution is 7.91. The third-order valence-corrected chi connectivity index (χ3v) is 6.86. The van der Waals surface area contributed by atoms with Crippen molar-refractivity contribution in [3.05, 3.63) is 24.3 Å². The standard InChI is InChI=1S/C19H27NO5S/c1-2-24-17-9-5-6-10-18(17)25-13-19(21)20(15-7-3-4-8-15)16-11-12-26(22,23)14-16/h5-6,9-10,15-16H,2-4,7-8,11-14H2,1H3/t16-/m1/s1. The van der Waals surface area contributed by atoms with Crippen molar-refractivity contribution in [1.82, 2.24) is 4.90 Å². The van der Waals surface area contributed by atoms with Crippen molar-refractivity contribution < 1.29 is 22.7 Å². The first-order valence-corrected chi connectivity index (χ1v) is 11.2. The van der Waals surface area contributed by atoms with Gasteiger partial charge in [0, 0.05) is 12.1 Å². The fourth-order valence-corrected chi connectivity index (χ4v) is 5.65. The molecule has 1 heterocycles. The highest BCUT2D eigenvalue weighted by Gasteiger charge is 2.39. The van der Waals surface area contributed by atoms with Gasteiger partial charge in [-0.1, -0.05) is 25.0 Å². The van der Waals surface area contributed by atoms with Crippen LogP contribution in [0.3, 0.4) is 0 Å². The van der Waals surface area contributed by atoms with Crippen molar-refractivity contribution in [2.75, 3.05) is 24.7 Å². The largest absolute Gasteiger partial charge is 0.490 e. The van der Waals surface area contributed by atoms with E-state index in [9.17, 15) is 13.2 Å². The van der Waals surface area contributed by atoms with Crippen LogP contribution in [0.15, 0.2) is 24.3 Å². The maximum absolute atomic E-state index is 12.9. The summed E-state index contributed by atoms with van der Waals surface area (Å²) >= 11 is 0. The summed E-state index contributed by atoms with van der Waals surface area (Å²) in [6.45, 7) is 2.31. The highest BCUT2D eigenvalue weighted by atomic mass is 32.2. The molecule has 1 saturated heterocycles. The quantitative estimate of drug-likeness (QED) is 0.725. The van der Waals surface area contributed by atoms with E-state index in [-0.39, 0.29) is 36.1 Å². The molecular weight excluding hydrogens is 354 g/mol. The smallest absolute Gasteiger partial charge is 0.261 e. The van der Waals surface area contributed by atoms with E-state index in [4.69, 9.17) is 9.47 Å². The molecule has 7 heteroatoms. The molecule has 1 amide bonds. The summed E-state index contributed by atoms with van der Waals surface area (Å²) in [4.78, 5) is 14.7. The highest BCUT2D eigenvalue weighted by Crippen LogP contribution is 2.30. The minimum atomic E-state index is -3.04. The summed E-state index contributed by atoms with van der Waals surface area (Å²) in [5.74, 6) is 1.25. The lowest BCUT2D eigenvalue weighted by Gasteiger charge is -2.34. The zero-order valence-electron chi connectivity index (χ0n) is 15.2. The second kappa shape index (κ2) is 8.29. The van der Waals surface area contributed by atoms with E-state index in [1.807, 2.05) is 25.1 Å². The summed E-state index contributed by atoms with van der Waals surface area (Å²) in [5, 5.41) is 0. The van der Waals surface area contributed by atoms with Crippen molar-refractivity contribution in [2.45, 2.75) is 51.1 Å². The van der Waals surface area contributed by atoms with E-state index in [1.54, 1.807) is 11.0 Å². The van der Waals surface area contributed by atoms with Gasteiger partial charge in [0.25, 0.3) is 5.91 Å².